The van der Waals surface area contributed by atoms with Crippen molar-refractivity contribution in [2.24, 2.45) is 0 Å². The van der Waals surface area contributed by atoms with E-state index in [1.807, 2.05) is 42.5 Å². The van der Waals surface area contributed by atoms with Crippen LogP contribution in [0.4, 0.5) is 0 Å². The van der Waals surface area contributed by atoms with Gasteiger partial charge in [0.25, 0.3) is 0 Å². The van der Waals surface area contributed by atoms with Gasteiger partial charge in [-0.15, -0.1) is 0 Å². The highest BCUT2D eigenvalue weighted by Crippen LogP contribution is 2.38. The number of ether oxygens (including phenoxy) is 13. The molecular formula is C79H136N2O32. The molecule has 32 atom stereocenters. The summed E-state index contributed by atoms with van der Waals surface area (Å²) in [6.45, 7) is 1.66. The van der Waals surface area contributed by atoms with E-state index < -0.39 is 235 Å². The molecule has 0 aliphatic carbocycles. The van der Waals surface area contributed by atoms with Crippen LogP contribution in [-0.4, -0.2) is 335 Å². The summed E-state index contributed by atoms with van der Waals surface area (Å²) in [5.74, 6) is -1.12. The van der Waals surface area contributed by atoms with Gasteiger partial charge in [-0.3, -0.25) is 9.59 Å². The molecule has 34 heteroatoms. The maximum absolute atomic E-state index is 14.0. The first-order chi connectivity index (χ1) is 54.4. The molecule has 113 heavy (non-hydrogen) atoms. The second-order valence-electron chi connectivity index (χ2n) is 31.0. The van der Waals surface area contributed by atoms with Crippen molar-refractivity contribution in [3.63, 3.8) is 0 Å². The summed E-state index contributed by atoms with van der Waals surface area (Å²) in [5, 5.41) is 195. The Kier molecular flexibility index (Phi) is 44.0. The van der Waals surface area contributed by atoms with Crippen LogP contribution in [0.2, 0.25) is 0 Å². The number of carbonyl (C=O) groups is 2. The number of aliphatic hydroxyl groups excluding tert-OH is 17. The van der Waals surface area contributed by atoms with Gasteiger partial charge in [-0.2, -0.15) is 0 Å². The van der Waals surface area contributed by atoms with Gasteiger partial charge in [0.2, 0.25) is 11.8 Å². The monoisotopic (exact) mass is 1620 g/mol. The Morgan fingerprint density at radius 2 is 0.823 bits per heavy atom. The number of hydrogen-bond donors (Lipinski definition) is 19. The zero-order valence-electron chi connectivity index (χ0n) is 66.1. The highest BCUT2D eigenvalue weighted by atomic mass is 16.8. The SMILES string of the molecule is CCCCCCCCCCCCC/C=C/[C@@H](OCc1ccccc1)[C@H](CO[C@@H]1O[C@H](CO)[C@@H](O[C@@H]2O[C@H](CO)[C@H](O[C@H]3O[C@H](CO)[C@H](O)[C@H](O[C@@H]4O[C@H](CO)[C@H](O)[C@H](O[C@@H]5O[C@H](CO)[C@H](O)[C@H](O)[C@H]5O[C@@H]5O[C@@H](C)[C@@H](O)[C@@H](O)[C@@H]5O)[C@H]4NC(C)=O)[C@H]3O)[C@H](O)[C@H]2O)[C@H](O)[C@H]1O)NC(=O)CCCCCCCCCCCCCCC. The van der Waals surface area contributed by atoms with Crippen molar-refractivity contribution < 1.29 is 158 Å². The van der Waals surface area contributed by atoms with Crippen molar-refractivity contribution in [1.82, 2.24) is 10.6 Å². The van der Waals surface area contributed by atoms with Gasteiger partial charge in [-0.1, -0.05) is 198 Å². The van der Waals surface area contributed by atoms with E-state index in [0.29, 0.717) is 6.42 Å². The first-order valence-electron chi connectivity index (χ1n) is 41.4. The van der Waals surface area contributed by atoms with Crippen molar-refractivity contribution in [2.75, 3.05) is 39.6 Å². The van der Waals surface area contributed by atoms with Crippen LogP contribution in [0.3, 0.4) is 0 Å². The molecular weight excluding hydrogens is 1490 g/mol. The van der Waals surface area contributed by atoms with E-state index in [4.69, 9.17) is 61.6 Å². The highest BCUT2D eigenvalue weighted by Gasteiger charge is 2.58. The van der Waals surface area contributed by atoms with Crippen LogP contribution in [-0.2, 0) is 77.8 Å². The molecule has 6 saturated heterocycles. The van der Waals surface area contributed by atoms with Crippen LogP contribution >= 0.6 is 0 Å². The fourth-order valence-corrected chi connectivity index (χ4v) is 15.2. The summed E-state index contributed by atoms with van der Waals surface area (Å²) in [7, 11) is 0. The minimum absolute atomic E-state index is 0.167. The van der Waals surface area contributed by atoms with E-state index in [1.54, 1.807) is 0 Å². The van der Waals surface area contributed by atoms with Crippen molar-refractivity contribution in [1.29, 1.82) is 0 Å². The van der Waals surface area contributed by atoms with Crippen molar-refractivity contribution >= 4 is 11.8 Å². The molecule has 1 aromatic rings. The molecule has 0 aromatic heterocycles. The maximum atomic E-state index is 14.0. The van der Waals surface area contributed by atoms with Crippen LogP contribution in [0.5, 0.6) is 0 Å². The first-order valence-corrected chi connectivity index (χ1v) is 41.4. The predicted molar refractivity (Wildman–Crippen MR) is 401 cm³/mol. The minimum Gasteiger partial charge on any atom is -0.394 e. The zero-order valence-corrected chi connectivity index (χ0v) is 66.1. The Balaban J connectivity index is 1.01. The van der Waals surface area contributed by atoms with E-state index in [-0.39, 0.29) is 25.5 Å². The van der Waals surface area contributed by atoms with Crippen molar-refractivity contribution in [3.05, 3.63) is 48.0 Å². The number of nitrogens with one attached hydrogen (secondary N) is 2. The van der Waals surface area contributed by atoms with E-state index in [1.165, 1.54) is 110 Å². The molecule has 654 valence electrons. The third-order valence-electron chi connectivity index (χ3n) is 22.1. The van der Waals surface area contributed by atoms with Gasteiger partial charge in [-0.25, -0.2) is 0 Å². The van der Waals surface area contributed by atoms with E-state index in [0.717, 1.165) is 63.9 Å². The molecule has 7 rings (SSSR count). The molecule has 0 bridgehead atoms. The van der Waals surface area contributed by atoms with E-state index in [9.17, 15) is 96.4 Å². The summed E-state index contributed by atoms with van der Waals surface area (Å²) in [4.78, 5) is 27.0. The molecule has 6 aliphatic rings. The molecule has 1 aromatic carbocycles. The minimum atomic E-state index is -2.25. The van der Waals surface area contributed by atoms with Crippen LogP contribution in [0.15, 0.2) is 42.5 Å². The summed E-state index contributed by atoms with van der Waals surface area (Å²) in [6.07, 6.45) is -23.0. The maximum Gasteiger partial charge on any atom is 0.220 e. The second kappa shape index (κ2) is 51.3. The lowest BCUT2D eigenvalue weighted by Gasteiger charge is -2.51. The molecule has 34 nitrogen and oxygen atoms in total. The van der Waals surface area contributed by atoms with Gasteiger partial charge in [0, 0.05) is 13.3 Å². The summed E-state index contributed by atoms with van der Waals surface area (Å²) in [5.41, 5.74) is 0.872. The van der Waals surface area contributed by atoms with Gasteiger partial charge in [0.05, 0.1) is 64.5 Å². The average molecular weight is 1630 g/mol. The molecule has 0 spiro atoms. The topological polar surface area (TPSA) is 522 Å². The van der Waals surface area contributed by atoms with Gasteiger partial charge < -0.3 is 159 Å². The standard InChI is InChI=1S/C79H136N2O32/c1-5-7-9-11-13-15-17-19-21-23-25-27-32-36-49(101-43-47-34-30-29-31-35-47)48(81-55(88)37-33-28-26-24-22-20-18-16-14-12-10-8-6-2)44-102-75-66(98)63(95)69(53(41-85)107-75)109-77-67(99)64(96)70(54(42-86)108-77)110-78-68(100)72(60(92)52(40-84)105-78)112-74-56(80-46(4)87)71(59(91)51(39-83)104-74)111-79-73(62(94)58(90)50(38-82)106-79)113-76-65(97)61(93)57(89)45(3)103-76/h29-32,34-36,45,48-54,56-79,82-86,89-100H,5-28,33,37-44H2,1-4H3,(H,80,87)(H,81,88)/b36-32+/t45-,48-,49+,50+,51+,52+,53+,54+,56+,57+,58-,59-,60-,61+,62-,63+,64+,65-,66+,67+,68+,69+,70-,71+,72-,73+,74-,75+,76-,77-,78+,79-/m0/s1. The Hall–Kier alpha value is -3.30. The average Bonchev–Trinajstić information content (AvgIpc) is 0.767. The van der Waals surface area contributed by atoms with Gasteiger partial charge in [-0.05, 0) is 31.7 Å². The number of rotatable bonds is 51. The second-order valence-corrected chi connectivity index (χ2v) is 31.0. The number of carbonyl (C=O) groups excluding carboxylic acids is 2. The lowest BCUT2D eigenvalue weighted by atomic mass is 9.94. The third-order valence-corrected chi connectivity index (χ3v) is 22.1. The summed E-state index contributed by atoms with van der Waals surface area (Å²) in [6, 6.07) is 6.81. The van der Waals surface area contributed by atoms with Crippen LogP contribution in [0.25, 0.3) is 0 Å². The quantitative estimate of drug-likeness (QED) is 0.0299. The molecule has 0 saturated carbocycles. The number of unbranched alkanes of at least 4 members (excludes halogenated alkanes) is 23. The highest BCUT2D eigenvalue weighted by molar-refractivity contribution is 5.76. The van der Waals surface area contributed by atoms with Gasteiger partial charge in [0.15, 0.2) is 37.7 Å². The lowest BCUT2D eigenvalue weighted by molar-refractivity contribution is -0.393. The molecule has 0 unspecified atom stereocenters. The zero-order chi connectivity index (χ0) is 82.1. The van der Waals surface area contributed by atoms with Gasteiger partial charge in [0.1, 0.15) is 140 Å². The Bertz CT molecular complexity index is 2760. The van der Waals surface area contributed by atoms with Crippen LogP contribution < -0.4 is 10.6 Å². The number of hydrogen-bond acceptors (Lipinski definition) is 32. The largest absolute Gasteiger partial charge is 0.394 e. The van der Waals surface area contributed by atoms with Crippen molar-refractivity contribution in [2.45, 2.75) is 398 Å². The summed E-state index contributed by atoms with van der Waals surface area (Å²) >= 11 is 0. The number of allylic oxidation sites excluding steroid dienone is 1. The first kappa shape index (κ1) is 96.8. The molecule has 6 aliphatic heterocycles. The lowest BCUT2D eigenvalue weighted by Crippen LogP contribution is -2.70. The van der Waals surface area contributed by atoms with E-state index in [2.05, 4.69) is 24.5 Å². The predicted octanol–water partition coefficient (Wildman–Crippen LogP) is -0.0959. The van der Waals surface area contributed by atoms with Gasteiger partial charge >= 0.3 is 0 Å². The molecule has 19 N–H and O–H groups in total. The fraction of sp³-hybridized carbons (Fsp3) is 0.873. The number of benzene rings is 1. The Labute approximate surface area is 663 Å². The summed E-state index contributed by atoms with van der Waals surface area (Å²) < 4.78 is 78.1. The Morgan fingerprint density at radius 3 is 1.35 bits per heavy atom. The molecule has 6 heterocycles. The molecule has 0 radical (unpaired) electrons. The third kappa shape index (κ3) is 29.0. The van der Waals surface area contributed by atoms with Crippen LogP contribution in [0.1, 0.15) is 200 Å². The van der Waals surface area contributed by atoms with Crippen molar-refractivity contribution in [3.8, 4) is 0 Å². The fourth-order valence-electron chi connectivity index (χ4n) is 15.2. The number of amides is 2. The van der Waals surface area contributed by atoms with E-state index >= 15 is 0 Å². The molecule has 6 fully saturated rings. The number of aliphatic hydroxyl groups is 17. The Morgan fingerprint density at radius 1 is 0.416 bits per heavy atom. The smallest absolute Gasteiger partial charge is 0.220 e. The van der Waals surface area contributed by atoms with Crippen LogP contribution in [0, 0.1) is 0 Å². The normalized spacial score (nSPS) is 37.0. The molecule has 2 amide bonds.